The Bertz CT molecular complexity index is 372. The number of aliphatic hydroxyl groups is 1. The minimum Gasteiger partial charge on any atom is -0.387 e. The van der Waals surface area contributed by atoms with Crippen LogP contribution in [0.15, 0.2) is 30.3 Å². The molecule has 0 radical (unpaired) electrons. The number of hydrogen-bond acceptors (Lipinski definition) is 4. The van der Waals surface area contributed by atoms with E-state index in [1.807, 2.05) is 6.07 Å². The molecule has 1 aliphatic rings. The van der Waals surface area contributed by atoms with Crippen LogP contribution in [-0.4, -0.2) is 55.5 Å². The number of nitrogens with zero attached hydrogens (tertiary/aromatic N) is 1. The Balaban J connectivity index is 1.75. The van der Waals surface area contributed by atoms with E-state index in [9.17, 15) is 5.11 Å². The fourth-order valence-corrected chi connectivity index (χ4v) is 2.56. The summed E-state index contributed by atoms with van der Waals surface area (Å²) in [5, 5.41) is 13.7. The Labute approximate surface area is 115 Å². The number of benzene rings is 1. The quantitative estimate of drug-likeness (QED) is 0.717. The first-order chi connectivity index (χ1) is 9.22. The minimum absolute atomic E-state index is 0.595. The number of hydrogen-bond donors (Lipinski definition) is 2. The summed E-state index contributed by atoms with van der Waals surface area (Å²) in [7, 11) is 1.69. The molecule has 1 fully saturated rings. The second-order valence-corrected chi connectivity index (χ2v) is 5.34. The summed E-state index contributed by atoms with van der Waals surface area (Å²) in [6.07, 6.45) is 0.833. The third kappa shape index (κ3) is 4.58. The molecule has 0 saturated carbocycles. The summed E-state index contributed by atoms with van der Waals surface area (Å²) < 4.78 is 4.99. The Hall–Kier alpha value is -0.940. The predicted molar refractivity (Wildman–Crippen MR) is 76.0 cm³/mol. The topological polar surface area (TPSA) is 44.7 Å². The van der Waals surface area contributed by atoms with Crippen molar-refractivity contribution in [1.82, 2.24) is 10.2 Å². The van der Waals surface area contributed by atoms with Crippen LogP contribution in [0.25, 0.3) is 0 Å². The second kappa shape index (κ2) is 7.01. The third-order valence-electron chi connectivity index (χ3n) is 3.60. The zero-order valence-corrected chi connectivity index (χ0v) is 11.6. The summed E-state index contributed by atoms with van der Waals surface area (Å²) in [6.45, 7) is 4.73. The average Bonchev–Trinajstić information content (AvgIpc) is 2.78. The second-order valence-electron chi connectivity index (χ2n) is 5.34. The van der Waals surface area contributed by atoms with Gasteiger partial charge in [-0.15, -0.1) is 0 Å². The van der Waals surface area contributed by atoms with Crippen molar-refractivity contribution in [3.63, 3.8) is 0 Å². The van der Waals surface area contributed by atoms with Crippen molar-refractivity contribution < 1.29 is 9.84 Å². The molecule has 2 N–H and O–H groups in total. The molecular weight excluding hydrogens is 240 g/mol. The maximum Gasteiger partial charge on any atom is 0.0909 e. The highest BCUT2D eigenvalue weighted by atomic mass is 16.5. The van der Waals surface area contributed by atoms with Gasteiger partial charge in [0.05, 0.1) is 12.2 Å². The van der Waals surface area contributed by atoms with Gasteiger partial charge in [-0.1, -0.05) is 30.3 Å². The summed E-state index contributed by atoms with van der Waals surface area (Å²) >= 11 is 0. The van der Waals surface area contributed by atoms with Crippen molar-refractivity contribution >= 4 is 0 Å². The lowest BCUT2D eigenvalue weighted by Crippen LogP contribution is -2.43. The maximum atomic E-state index is 10.5. The van der Waals surface area contributed by atoms with Crippen LogP contribution in [0.3, 0.4) is 0 Å². The lowest BCUT2D eigenvalue weighted by Gasteiger charge is -2.24. The van der Waals surface area contributed by atoms with Gasteiger partial charge >= 0.3 is 0 Å². The molecule has 1 aromatic rings. The van der Waals surface area contributed by atoms with E-state index in [1.54, 1.807) is 7.11 Å². The molecule has 1 aromatic carbocycles. The Kier molecular flexibility index (Phi) is 5.34. The van der Waals surface area contributed by atoms with Crippen LogP contribution in [0.2, 0.25) is 0 Å². The molecule has 4 heteroatoms. The highest BCUT2D eigenvalue weighted by Gasteiger charge is 2.35. The summed E-state index contributed by atoms with van der Waals surface area (Å²) in [4.78, 5) is 2.31. The molecule has 1 atom stereocenters. The van der Waals surface area contributed by atoms with Gasteiger partial charge < -0.3 is 15.2 Å². The van der Waals surface area contributed by atoms with Crippen LogP contribution in [0.4, 0.5) is 0 Å². The lowest BCUT2D eigenvalue weighted by molar-refractivity contribution is 0.0468. The van der Waals surface area contributed by atoms with Crippen LogP contribution in [0.1, 0.15) is 12.0 Å². The van der Waals surface area contributed by atoms with E-state index in [1.165, 1.54) is 5.56 Å². The number of rotatable bonds is 7. The highest BCUT2D eigenvalue weighted by Crippen LogP contribution is 2.22. The number of ether oxygens (including phenoxy) is 1. The SMILES string of the molecule is COCCNCC1(O)CCN(Cc2ccccc2)C1. The standard InChI is InChI=1S/C15H24N2O2/c1-19-10-8-16-12-15(18)7-9-17(13-15)11-14-5-3-2-4-6-14/h2-6,16,18H,7-13H2,1H3. The fourth-order valence-electron chi connectivity index (χ4n) is 2.56. The molecule has 1 saturated heterocycles. The van der Waals surface area contributed by atoms with Gasteiger partial charge in [-0.05, 0) is 12.0 Å². The molecule has 1 unspecified atom stereocenters. The smallest absolute Gasteiger partial charge is 0.0909 e. The van der Waals surface area contributed by atoms with Crippen LogP contribution in [0, 0.1) is 0 Å². The first kappa shape index (κ1) is 14.5. The predicted octanol–water partition coefficient (Wildman–Crippen LogP) is 0.859. The molecule has 0 bridgehead atoms. The lowest BCUT2D eigenvalue weighted by atomic mass is 10.0. The number of β-amino-alcohol motifs (C(OH)–C–C–N with tert-alkyl or cyclic N) is 1. The van der Waals surface area contributed by atoms with Crippen LogP contribution in [-0.2, 0) is 11.3 Å². The molecular formula is C15H24N2O2. The van der Waals surface area contributed by atoms with Crippen molar-refractivity contribution in [3.05, 3.63) is 35.9 Å². The first-order valence-electron chi connectivity index (χ1n) is 6.90. The number of methoxy groups -OCH3 is 1. The van der Waals surface area contributed by atoms with E-state index in [4.69, 9.17) is 4.74 Å². The molecule has 0 aromatic heterocycles. The maximum absolute atomic E-state index is 10.5. The average molecular weight is 264 g/mol. The Morgan fingerprint density at radius 3 is 2.89 bits per heavy atom. The van der Waals surface area contributed by atoms with Crippen molar-refractivity contribution in [2.45, 2.75) is 18.6 Å². The van der Waals surface area contributed by atoms with E-state index in [2.05, 4.69) is 34.5 Å². The van der Waals surface area contributed by atoms with Gasteiger partial charge in [0, 0.05) is 39.8 Å². The molecule has 0 spiro atoms. The molecule has 1 heterocycles. The van der Waals surface area contributed by atoms with Gasteiger partial charge in [-0.25, -0.2) is 0 Å². The van der Waals surface area contributed by atoms with E-state index in [0.717, 1.165) is 32.6 Å². The first-order valence-corrected chi connectivity index (χ1v) is 6.90. The van der Waals surface area contributed by atoms with Crippen molar-refractivity contribution in [1.29, 1.82) is 0 Å². The van der Waals surface area contributed by atoms with Crippen LogP contribution >= 0.6 is 0 Å². The van der Waals surface area contributed by atoms with Gasteiger partial charge in [-0.3, -0.25) is 4.90 Å². The third-order valence-corrected chi connectivity index (χ3v) is 3.60. The van der Waals surface area contributed by atoms with E-state index in [0.29, 0.717) is 13.2 Å². The zero-order valence-electron chi connectivity index (χ0n) is 11.6. The molecule has 2 rings (SSSR count). The van der Waals surface area contributed by atoms with Gasteiger partial charge in [0.1, 0.15) is 0 Å². The van der Waals surface area contributed by atoms with Crippen LogP contribution < -0.4 is 5.32 Å². The monoisotopic (exact) mass is 264 g/mol. The van der Waals surface area contributed by atoms with Gasteiger partial charge in [0.2, 0.25) is 0 Å². The summed E-state index contributed by atoms with van der Waals surface area (Å²) in [6, 6.07) is 10.4. The van der Waals surface area contributed by atoms with Gasteiger partial charge in [-0.2, -0.15) is 0 Å². The molecule has 0 aliphatic carbocycles. The fraction of sp³-hybridized carbons (Fsp3) is 0.600. The molecule has 0 amide bonds. The minimum atomic E-state index is -0.595. The highest BCUT2D eigenvalue weighted by molar-refractivity contribution is 5.15. The van der Waals surface area contributed by atoms with Gasteiger partial charge in [0.15, 0.2) is 0 Å². The number of likely N-dealkylation sites (tertiary alicyclic amines) is 1. The number of nitrogens with one attached hydrogen (secondary N) is 1. The summed E-state index contributed by atoms with van der Waals surface area (Å²) in [5.74, 6) is 0. The largest absolute Gasteiger partial charge is 0.387 e. The Morgan fingerprint density at radius 1 is 1.37 bits per heavy atom. The zero-order chi connectivity index (χ0) is 13.6. The van der Waals surface area contributed by atoms with E-state index >= 15 is 0 Å². The molecule has 106 valence electrons. The molecule has 19 heavy (non-hydrogen) atoms. The van der Waals surface area contributed by atoms with Crippen molar-refractivity contribution in [2.75, 3.05) is 39.9 Å². The molecule has 1 aliphatic heterocycles. The van der Waals surface area contributed by atoms with Gasteiger partial charge in [0.25, 0.3) is 0 Å². The van der Waals surface area contributed by atoms with Crippen molar-refractivity contribution in [3.8, 4) is 0 Å². The molecule has 4 nitrogen and oxygen atoms in total. The van der Waals surface area contributed by atoms with Crippen molar-refractivity contribution in [2.24, 2.45) is 0 Å². The van der Waals surface area contributed by atoms with Crippen LogP contribution in [0.5, 0.6) is 0 Å². The summed E-state index contributed by atoms with van der Waals surface area (Å²) in [5.41, 5.74) is 0.710. The normalized spacial score (nSPS) is 23.9. The Morgan fingerprint density at radius 2 is 2.16 bits per heavy atom. The van der Waals surface area contributed by atoms with E-state index in [-0.39, 0.29) is 0 Å². The van der Waals surface area contributed by atoms with E-state index < -0.39 is 5.60 Å².